The van der Waals surface area contributed by atoms with Crippen molar-refractivity contribution in [1.82, 2.24) is 10.6 Å². The molecule has 0 unspecified atom stereocenters. The Morgan fingerprint density at radius 3 is 2.09 bits per heavy atom. The predicted molar refractivity (Wildman–Crippen MR) is 128 cm³/mol. The molecule has 9 nitrogen and oxygen atoms in total. The van der Waals surface area contributed by atoms with E-state index >= 15 is 0 Å². The van der Waals surface area contributed by atoms with Crippen LogP contribution in [0, 0.1) is 5.92 Å². The van der Waals surface area contributed by atoms with Crippen molar-refractivity contribution in [2.24, 2.45) is 5.92 Å². The van der Waals surface area contributed by atoms with Gasteiger partial charge in [-0.2, -0.15) is 0 Å². The van der Waals surface area contributed by atoms with Gasteiger partial charge >= 0.3 is 0 Å². The molecule has 1 aliphatic carbocycles. The molecule has 0 heterocycles. The summed E-state index contributed by atoms with van der Waals surface area (Å²) in [5, 5.41) is 8.30. The molecule has 0 atom stereocenters. The minimum absolute atomic E-state index is 0.0497. The second-order valence-electron chi connectivity index (χ2n) is 7.68. The molecule has 1 aliphatic rings. The van der Waals surface area contributed by atoms with Gasteiger partial charge in [0, 0.05) is 36.3 Å². The van der Waals surface area contributed by atoms with E-state index in [9.17, 15) is 14.4 Å². The van der Waals surface area contributed by atoms with Gasteiger partial charge in [-0.3, -0.25) is 14.4 Å². The topological polar surface area (TPSA) is 115 Å². The summed E-state index contributed by atoms with van der Waals surface area (Å²) in [7, 11) is 4.57. The van der Waals surface area contributed by atoms with Crippen LogP contribution < -0.4 is 30.2 Å². The lowest BCUT2D eigenvalue weighted by Gasteiger charge is -2.12. The summed E-state index contributed by atoms with van der Waals surface area (Å²) in [6.45, 7) is 0.745. The molecule has 34 heavy (non-hydrogen) atoms. The second-order valence-corrected chi connectivity index (χ2v) is 7.68. The fourth-order valence-electron chi connectivity index (χ4n) is 3.21. The van der Waals surface area contributed by atoms with Gasteiger partial charge in [0.25, 0.3) is 5.91 Å². The third-order valence-corrected chi connectivity index (χ3v) is 5.19. The molecule has 3 N–H and O–H groups in total. The highest BCUT2D eigenvalue weighted by Crippen LogP contribution is 2.38. The zero-order valence-electron chi connectivity index (χ0n) is 19.5. The van der Waals surface area contributed by atoms with E-state index < -0.39 is 0 Å². The lowest BCUT2D eigenvalue weighted by Crippen LogP contribution is -2.35. The first-order chi connectivity index (χ1) is 16.4. The van der Waals surface area contributed by atoms with Crippen molar-refractivity contribution in [2.45, 2.75) is 12.8 Å². The Hall–Kier alpha value is -4.01. The van der Waals surface area contributed by atoms with E-state index in [4.69, 9.17) is 14.2 Å². The van der Waals surface area contributed by atoms with Gasteiger partial charge < -0.3 is 30.2 Å². The number of carbonyl (C=O) groups is 3. The molecule has 1 saturated carbocycles. The Morgan fingerprint density at radius 2 is 1.53 bits per heavy atom. The molecule has 1 fully saturated rings. The molecule has 3 amide bonds. The average Bonchev–Trinajstić information content (AvgIpc) is 3.70. The van der Waals surface area contributed by atoms with Gasteiger partial charge in [-0.05, 0) is 60.9 Å². The van der Waals surface area contributed by atoms with Crippen molar-refractivity contribution in [3.8, 4) is 17.2 Å². The van der Waals surface area contributed by atoms with Crippen LogP contribution in [-0.4, -0.2) is 52.1 Å². The maximum Gasteiger partial charge on any atom is 0.251 e. The van der Waals surface area contributed by atoms with E-state index in [-0.39, 0.29) is 23.6 Å². The third kappa shape index (κ3) is 6.74. The normalized spacial score (nSPS) is 12.7. The maximum absolute atomic E-state index is 12.3. The molecule has 2 aromatic rings. The minimum Gasteiger partial charge on any atom is -0.493 e. The van der Waals surface area contributed by atoms with Crippen molar-refractivity contribution >= 4 is 29.5 Å². The van der Waals surface area contributed by atoms with E-state index in [2.05, 4.69) is 16.0 Å². The van der Waals surface area contributed by atoms with Gasteiger partial charge in [0.05, 0.1) is 21.3 Å². The number of benzene rings is 2. The summed E-state index contributed by atoms with van der Waals surface area (Å²) in [6.07, 6.45) is 4.91. The van der Waals surface area contributed by atoms with E-state index in [0.717, 1.165) is 12.8 Å². The zero-order valence-corrected chi connectivity index (χ0v) is 19.5. The zero-order chi connectivity index (χ0) is 24.5. The highest BCUT2D eigenvalue weighted by molar-refractivity contribution is 6.02. The van der Waals surface area contributed by atoms with Gasteiger partial charge in [0.1, 0.15) is 0 Å². The van der Waals surface area contributed by atoms with Crippen LogP contribution in [0.5, 0.6) is 17.2 Å². The third-order valence-electron chi connectivity index (χ3n) is 5.19. The van der Waals surface area contributed by atoms with Crippen LogP contribution in [0.2, 0.25) is 0 Å². The lowest BCUT2D eigenvalue weighted by molar-refractivity contribution is -0.122. The van der Waals surface area contributed by atoms with Crippen molar-refractivity contribution in [3.63, 3.8) is 0 Å². The first-order valence-electron chi connectivity index (χ1n) is 10.9. The first kappa shape index (κ1) is 24.6. The van der Waals surface area contributed by atoms with Gasteiger partial charge in [-0.1, -0.05) is 0 Å². The Bertz CT molecular complexity index is 1040. The Kier molecular flexibility index (Phi) is 8.50. The molecule has 2 aromatic carbocycles. The molecular formula is C25H29N3O6. The van der Waals surface area contributed by atoms with E-state index in [1.54, 1.807) is 42.5 Å². The maximum atomic E-state index is 12.3. The molecule has 0 radical (unpaired) electrons. The minimum atomic E-state index is -0.336. The summed E-state index contributed by atoms with van der Waals surface area (Å²) >= 11 is 0. The van der Waals surface area contributed by atoms with Crippen LogP contribution in [0.3, 0.4) is 0 Å². The number of hydrogen-bond acceptors (Lipinski definition) is 6. The number of hydrogen-bond donors (Lipinski definition) is 3. The van der Waals surface area contributed by atoms with Gasteiger partial charge in [0.15, 0.2) is 11.5 Å². The molecule has 0 aliphatic heterocycles. The highest BCUT2D eigenvalue weighted by Gasteiger charge is 2.29. The van der Waals surface area contributed by atoms with E-state index in [1.807, 2.05) is 0 Å². The van der Waals surface area contributed by atoms with Crippen molar-refractivity contribution in [1.29, 1.82) is 0 Å². The SMILES string of the molecule is COc1cc(/C=C/C(=O)Nc2ccc(C(=O)NCCNC(=O)C3CC3)cc2)cc(OC)c1OC. The van der Waals surface area contributed by atoms with Crippen LogP contribution in [0.25, 0.3) is 6.08 Å². The number of anilines is 1. The quantitative estimate of drug-likeness (QED) is 0.346. The van der Waals surface area contributed by atoms with Gasteiger partial charge in [-0.25, -0.2) is 0 Å². The van der Waals surface area contributed by atoms with Crippen molar-refractivity contribution < 1.29 is 28.6 Å². The largest absolute Gasteiger partial charge is 0.493 e. The van der Waals surface area contributed by atoms with Crippen LogP contribution in [0.1, 0.15) is 28.8 Å². The monoisotopic (exact) mass is 467 g/mol. The Balaban J connectivity index is 1.50. The number of carbonyl (C=O) groups excluding carboxylic acids is 3. The number of nitrogens with one attached hydrogen (secondary N) is 3. The summed E-state index contributed by atoms with van der Waals surface area (Å²) in [5.41, 5.74) is 1.71. The smallest absolute Gasteiger partial charge is 0.251 e. The van der Waals surface area contributed by atoms with Gasteiger partial charge in [0.2, 0.25) is 17.6 Å². The number of ether oxygens (including phenoxy) is 3. The number of rotatable bonds is 11. The van der Waals surface area contributed by atoms with Crippen molar-refractivity contribution in [2.75, 3.05) is 39.7 Å². The lowest BCUT2D eigenvalue weighted by atomic mass is 10.1. The Labute approximate surface area is 198 Å². The van der Waals surface area contributed by atoms with Gasteiger partial charge in [-0.15, -0.1) is 0 Å². The van der Waals surface area contributed by atoms with E-state index in [0.29, 0.717) is 47.2 Å². The summed E-state index contributed by atoms with van der Waals surface area (Å²) in [6, 6.07) is 10.0. The molecule has 3 rings (SSSR count). The fraction of sp³-hybridized carbons (Fsp3) is 0.320. The van der Waals surface area contributed by atoms with Crippen LogP contribution in [0.15, 0.2) is 42.5 Å². The highest BCUT2D eigenvalue weighted by atomic mass is 16.5. The molecule has 0 saturated heterocycles. The Morgan fingerprint density at radius 1 is 0.912 bits per heavy atom. The molecule has 180 valence electrons. The molecular weight excluding hydrogens is 438 g/mol. The number of methoxy groups -OCH3 is 3. The first-order valence-corrected chi connectivity index (χ1v) is 10.9. The summed E-state index contributed by atoms with van der Waals surface area (Å²) in [4.78, 5) is 36.1. The van der Waals surface area contributed by atoms with Crippen LogP contribution >= 0.6 is 0 Å². The van der Waals surface area contributed by atoms with E-state index in [1.165, 1.54) is 27.4 Å². The summed E-state index contributed by atoms with van der Waals surface area (Å²) in [5.74, 6) is 1.06. The second kappa shape index (κ2) is 11.7. The number of amides is 3. The standard InChI is InChI=1S/C25H29N3O6/c1-32-20-14-16(15-21(33-2)23(20)34-3)4-11-22(29)28-19-9-7-18(8-10-19)25(31)27-13-12-26-24(30)17-5-6-17/h4,7-11,14-15,17H,5-6,12-13H2,1-3H3,(H,26,30)(H,27,31)(H,28,29)/b11-4+. The molecule has 0 aromatic heterocycles. The fourth-order valence-corrected chi connectivity index (χ4v) is 3.21. The predicted octanol–water partition coefficient (Wildman–Crippen LogP) is 2.62. The van der Waals surface area contributed by atoms with Crippen molar-refractivity contribution in [3.05, 3.63) is 53.6 Å². The molecule has 0 spiro atoms. The van der Waals surface area contributed by atoms with Crippen LogP contribution in [-0.2, 0) is 9.59 Å². The molecule has 9 heteroatoms. The average molecular weight is 468 g/mol. The van der Waals surface area contributed by atoms with Crippen LogP contribution in [0.4, 0.5) is 5.69 Å². The summed E-state index contributed by atoms with van der Waals surface area (Å²) < 4.78 is 15.9. The molecule has 0 bridgehead atoms.